The summed E-state index contributed by atoms with van der Waals surface area (Å²) in [6.07, 6.45) is 3.06. The third-order valence-corrected chi connectivity index (χ3v) is 5.89. The van der Waals surface area contributed by atoms with Gasteiger partial charge in [0.05, 0.1) is 6.61 Å². The average Bonchev–Trinajstić information content (AvgIpc) is 3.19. The van der Waals surface area contributed by atoms with E-state index in [0.29, 0.717) is 37.2 Å². The molecule has 5 rings (SSSR count). The van der Waals surface area contributed by atoms with E-state index in [2.05, 4.69) is 0 Å². The summed E-state index contributed by atoms with van der Waals surface area (Å²) in [7, 11) is 0. The predicted octanol–water partition coefficient (Wildman–Crippen LogP) is 4.21. The smallest absolute Gasteiger partial charge is 0.326 e. The third-order valence-electron chi connectivity index (χ3n) is 5.89. The molecule has 2 aliphatic rings. The Bertz CT molecular complexity index is 1030. The molecule has 1 saturated heterocycles. The zero-order valence-electron chi connectivity index (χ0n) is 15.4. The molecule has 1 fully saturated rings. The highest BCUT2D eigenvalue weighted by Gasteiger charge is 2.68. The van der Waals surface area contributed by atoms with Crippen molar-refractivity contribution >= 4 is 16.6 Å². The van der Waals surface area contributed by atoms with Crippen LogP contribution in [0.3, 0.4) is 0 Å². The van der Waals surface area contributed by atoms with E-state index in [0.717, 1.165) is 10.9 Å². The van der Waals surface area contributed by atoms with Gasteiger partial charge in [0, 0.05) is 53.6 Å². The van der Waals surface area contributed by atoms with Crippen LogP contribution in [0.15, 0.2) is 54.7 Å². The van der Waals surface area contributed by atoms with E-state index < -0.39 is 11.6 Å². The number of nitrogens with zero attached hydrogens (tertiary/aromatic N) is 2. The fraction of sp³-hybridized carbons (Fsp3) is 0.364. The van der Waals surface area contributed by atoms with Crippen LogP contribution in [0.1, 0.15) is 24.0 Å². The fourth-order valence-corrected chi connectivity index (χ4v) is 4.72. The van der Waals surface area contributed by atoms with Gasteiger partial charge in [0.15, 0.2) is 0 Å². The summed E-state index contributed by atoms with van der Waals surface area (Å²) < 4.78 is 39.9. The molecule has 1 N–H and O–H groups in total. The zero-order chi connectivity index (χ0) is 19.4. The monoisotopic (exact) mass is 384 g/mol. The Kier molecular flexibility index (Phi) is 3.96. The Balaban J connectivity index is 1.78. The molecule has 1 unspecified atom stereocenters. The lowest BCUT2D eigenvalue weighted by molar-refractivity contribution is -0.223. The van der Waals surface area contributed by atoms with Gasteiger partial charge in [-0.1, -0.05) is 36.4 Å². The van der Waals surface area contributed by atoms with Gasteiger partial charge in [0.2, 0.25) is 5.72 Å². The number of alkyl halides is 2. The molecule has 0 aliphatic carbocycles. The molecule has 146 valence electrons. The number of halogens is 2. The highest BCUT2D eigenvalue weighted by molar-refractivity contribution is 5.86. The first kappa shape index (κ1) is 17.6. The number of fused-ring (bicyclic) bond motifs is 4. The number of rotatable bonds is 4. The molecule has 0 amide bonds. The first-order valence-electron chi connectivity index (χ1n) is 9.69. The van der Waals surface area contributed by atoms with Crippen LogP contribution in [0.5, 0.6) is 0 Å². The minimum atomic E-state index is -3.18. The Labute approximate surface area is 161 Å². The van der Waals surface area contributed by atoms with Crippen LogP contribution in [0.2, 0.25) is 0 Å². The molecule has 4 nitrogen and oxygen atoms in total. The van der Waals surface area contributed by atoms with Gasteiger partial charge in [-0.05, 0) is 25.0 Å². The van der Waals surface area contributed by atoms with Gasteiger partial charge in [0.25, 0.3) is 0 Å². The van der Waals surface area contributed by atoms with E-state index in [1.165, 1.54) is 6.07 Å². The van der Waals surface area contributed by atoms with Gasteiger partial charge >= 0.3 is 5.92 Å². The van der Waals surface area contributed by atoms with Crippen molar-refractivity contribution in [3.05, 3.63) is 65.9 Å². The SMILES string of the molecule is OCCCn1cc(C23OCCCN2c2ccccc2C3(F)F)c2ccccc21. The summed E-state index contributed by atoms with van der Waals surface area (Å²) in [5.41, 5.74) is 0.0746. The second-order valence-corrected chi connectivity index (χ2v) is 7.42. The third kappa shape index (κ3) is 2.16. The maximum Gasteiger partial charge on any atom is 0.326 e. The minimum absolute atomic E-state index is 0.0177. The molecular formula is C22H22F2N2O2. The van der Waals surface area contributed by atoms with Crippen molar-refractivity contribution in [3.8, 4) is 0 Å². The lowest BCUT2D eigenvalue weighted by atomic mass is 9.92. The molecule has 1 aromatic heterocycles. The van der Waals surface area contributed by atoms with Crippen LogP contribution in [-0.4, -0.2) is 29.4 Å². The Morgan fingerprint density at radius 1 is 1.04 bits per heavy atom. The second kappa shape index (κ2) is 6.29. The summed E-state index contributed by atoms with van der Waals surface area (Å²) in [4.78, 5) is 1.74. The number of para-hydroxylation sites is 2. The van der Waals surface area contributed by atoms with E-state index in [4.69, 9.17) is 4.74 Å². The first-order chi connectivity index (χ1) is 13.6. The topological polar surface area (TPSA) is 37.6 Å². The second-order valence-electron chi connectivity index (χ2n) is 7.42. The number of hydrogen-bond donors (Lipinski definition) is 1. The summed E-state index contributed by atoms with van der Waals surface area (Å²) >= 11 is 0. The van der Waals surface area contributed by atoms with Crippen molar-refractivity contribution in [2.45, 2.75) is 31.0 Å². The Morgan fingerprint density at radius 2 is 1.82 bits per heavy atom. The number of anilines is 1. The number of ether oxygens (including phenoxy) is 1. The summed E-state index contributed by atoms with van der Waals surface area (Å²) in [6, 6.07) is 14.3. The van der Waals surface area contributed by atoms with Crippen LogP contribution in [0.4, 0.5) is 14.5 Å². The molecule has 0 bridgehead atoms. The van der Waals surface area contributed by atoms with Gasteiger partial charge in [0.1, 0.15) is 0 Å². The van der Waals surface area contributed by atoms with E-state index in [1.54, 1.807) is 29.3 Å². The zero-order valence-corrected chi connectivity index (χ0v) is 15.4. The van der Waals surface area contributed by atoms with E-state index >= 15 is 8.78 Å². The molecule has 3 heterocycles. The average molecular weight is 384 g/mol. The maximum atomic E-state index is 16.0. The lowest BCUT2D eigenvalue weighted by Crippen LogP contribution is -2.57. The molecule has 2 aromatic carbocycles. The van der Waals surface area contributed by atoms with Crippen molar-refractivity contribution in [2.24, 2.45) is 0 Å². The van der Waals surface area contributed by atoms with Crippen LogP contribution in [0, 0.1) is 0 Å². The van der Waals surface area contributed by atoms with Crippen LogP contribution in [-0.2, 0) is 22.9 Å². The Hall–Kier alpha value is -2.44. The number of benzene rings is 2. The number of aryl methyl sites for hydroxylation is 1. The standard InChI is InChI=1S/C22H22F2N2O2/c23-21(24)17-8-2-4-10-20(17)26-12-6-14-28-22(21,26)18-15-25(11-5-13-27)19-9-3-1-7-16(18)19/h1-4,7-10,15,27H,5-6,11-14H2. The number of aromatic nitrogens is 1. The van der Waals surface area contributed by atoms with Gasteiger partial charge in [-0.3, -0.25) is 0 Å². The highest BCUT2D eigenvalue weighted by atomic mass is 19.3. The van der Waals surface area contributed by atoms with Crippen molar-refractivity contribution in [2.75, 3.05) is 24.7 Å². The Morgan fingerprint density at radius 3 is 2.68 bits per heavy atom. The normalized spacial score (nSPS) is 23.0. The van der Waals surface area contributed by atoms with Gasteiger partial charge < -0.3 is 19.3 Å². The lowest BCUT2D eigenvalue weighted by Gasteiger charge is -2.45. The number of aliphatic hydroxyl groups excluding tert-OH is 1. The van der Waals surface area contributed by atoms with Crippen LogP contribution < -0.4 is 4.90 Å². The van der Waals surface area contributed by atoms with Gasteiger partial charge in [-0.25, -0.2) is 0 Å². The number of hydrogen-bond acceptors (Lipinski definition) is 3. The molecule has 3 aromatic rings. The summed E-state index contributed by atoms with van der Waals surface area (Å²) in [6.45, 7) is 1.42. The van der Waals surface area contributed by atoms with Crippen molar-refractivity contribution in [1.82, 2.24) is 4.57 Å². The van der Waals surface area contributed by atoms with E-state index in [-0.39, 0.29) is 18.8 Å². The number of aliphatic hydroxyl groups is 1. The quantitative estimate of drug-likeness (QED) is 0.732. The van der Waals surface area contributed by atoms with E-state index in [9.17, 15) is 5.11 Å². The van der Waals surface area contributed by atoms with Crippen LogP contribution >= 0.6 is 0 Å². The van der Waals surface area contributed by atoms with Crippen molar-refractivity contribution < 1.29 is 18.6 Å². The molecule has 0 radical (unpaired) electrons. The van der Waals surface area contributed by atoms with E-state index in [1.807, 2.05) is 28.8 Å². The highest BCUT2D eigenvalue weighted by Crippen LogP contribution is 2.61. The molecule has 28 heavy (non-hydrogen) atoms. The van der Waals surface area contributed by atoms with Gasteiger partial charge in [-0.15, -0.1) is 0 Å². The maximum absolute atomic E-state index is 16.0. The van der Waals surface area contributed by atoms with Crippen molar-refractivity contribution in [3.63, 3.8) is 0 Å². The molecule has 0 saturated carbocycles. The molecule has 0 spiro atoms. The van der Waals surface area contributed by atoms with Crippen molar-refractivity contribution in [1.29, 1.82) is 0 Å². The minimum Gasteiger partial charge on any atom is -0.396 e. The molecule has 2 aliphatic heterocycles. The molecular weight excluding hydrogens is 362 g/mol. The fourth-order valence-electron chi connectivity index (χ4n) is 4.72. The first-order valence-corrected chi connectivity index (χ1v) is 9.69. The molecule has 1 atom stereocenters. The summed E-state index contributed by atoms with van der Waals surface area (Å²) in [5.74, 6) is -3.18. The van der Waals surface area contributed by atoms with Gasteiger partial charge in [-0.2, -0.15) is 8.78 Å². The predicted molar refractivity (Wildman–Crippen MR) is 104 cm³/mol. The summed E-state index contributed by atoms with van der Waals surface area (Å²) in [5, 5.41) is 10.0. The largest absolute Gasteiger partial charge is 0.396 e. The molecule has 6 heteroatoms. The van der Waals surface area contributed by atoms with Crippen LogP contribution in [0.25, 0.3) is 10.9 Å².